The zero-order valence-electron chi connectivity index (χ0n) is 13.9. The van der Waals surface area contributed by atoms with Crippen molar-refractivity contribution in [3.63, 3.8) is 0 Å². The van der Waals surface area contributed by atoms with E-state index in [1.165, 1.54) is 0 Å². The van der Waals surface area contributed by atoms with Crippen LogP contribution in [0.15, 0.2) is 86.0 Å². The number of fused-ring (bicyclic) bond motifs is 2. The molecular weight excluding hydrogens is 304 g/mol. The first-order valence-corrected chi connectivity index (χ1v) is 8.28. The summed E-state index contributed by atoms with van der Waals surface area (Å²) >= 11 is 0. The van der Waals surface area contributed by atoms with Crippen molar-refractivity contribution < 1.29 is 4.74 Å². The zero-order chi connectivity index (χ0) is 17.2. The summed E-state index contributed by atoms with van der Waals surface area (Å²) in [6.07, 6.45) is 3.67. The quantitative estimate of drug-likeness (QED) is 0.390. The second kappa shape index (κ2) is 6.29. The largest absolute Gasteiger partial charge is 0.455 e. The molecule has 1 heteroatoms. The molecule has 4 rings (SSSR count). The van der Waals surface area contributed by atoms with Crippen molar-refractivity contribution in [1.82, 2.24) is 0 Å². The Balaban J connectivity index is 2.00. The van der Waals surface area contributed by atoms with E-state index < -0.39 is 0 Å². The van der Waals surface area contributed by atoms with E-state index in [9.17, 15) is 0 Å². The maximum absolute atomic E-state index is 6.51. The SMILES string of the molecule is C=Cc1ccc2ccccc2c1Oc1c(C=C)ccc2ccccc12. The summed E-state index contributed by atoms with van der Waals surface area (Å²) in [6, 6.07) is 24.7. The van der Waals surface area contributed by atoms with Crippen LogP contribution in [0.1, 0.15) is 11.1 Å². The third-order valence-corrected chi connectivity index (χ3v) is 4.46. The molecule has 0 unspecified atom stereocenters. The molecule has 0 heterocycles. The van der Waals surface area contributed by atoms with Gasteiger partial charge < -0.3 is 4.74 Å². The summed E-state index contributed by atoms with van der Waals surface area (Å²) in [4.78, 5) is 0. The van der Waals surface area contributed by atoms with Gasteiger partial charge in [-0.3, -0.25) is 0 Å². The van der Waals surface area contributed by atoms with Crippen LogP contribution in [-0.2, 0) is 0 Å². The Hall–Kier alpha value is -3.32. The van der Waals surface area contributed by atoms with Gasteiger partial charge >= 0.3 is 0 Å². The third-order valence-electron chi connectivity index (χ3n) is 4.46. The fraction of sp³-hybridized carbons (Fsp3) is 0. The standard InChI is InChI=1S/C24H18O/c1-3-17-13-15-19-9-5-7-11-21(19)23(17)25-24-18(4-2)14-16-20-10-6-8-12-22(20)24/h3-16H,1-2H2. The molecule has 0 radical (unpaired) electrons. The monoisotopic (exact) mass is 322 g/mol. The van der Waals surface area contributed by atoms with Crippen LogP contribution in [0.4, 0.5) is 0 Å². The molecule has 120 valence electrons. The fourth-order valence-electron chi connectivity index (χ4n) is 3.17. The van der Waals surface area contributed by atoms with Crippen molar-refractivity contribution in [3.05, 3.63) is 97.1 Å². The first-order valence-electron chi connectivity index (χ1n) is 8.28. The Kier molecular flexibility index (Phi) is 3.83. The summed E-state index contributed by atoms with van der Waals surface area (Å²) in [5.74, 6) is 1.65. The second-order valence-corrected chi connectivity index (χ2v) is 5.92. The van der Waals surface area contributed by atoms with Crippen LogP contribution in [0.25, 0.3) is 33.7 Å². The minimum atomic E-state index is 0.826. The zero-order valence-corrected chi connectivity index (χ0v) is 13.9. The van der Waals surface area contributed by atoms with Crippen LogP contribution in [0, 0.1) is 0 Å². The topological polar surface area (TPSA) is 9.23 Å². The van der Waals surface area contributed by atoms with Crippen molar-refractivity contribution in [3.8, 4) is 11.5 Å². The lowest BCUT2D eigenvalue weighted by Gasteiger charge is -2.16. The fourth-order valence-corrected chi connectivity index (χ4v) is 3.17. The van der Waals surface area contributed by atoms with Crippen molar-refractivity contribution in [1.29, 1.82) is 0 Å². The molecule has 0 bridgehead atoms. The number of ether oxygens (including phenoxy) is 1. The molecule has 4 aromatic carbocycles. The summed E-state index contributed by atoms with van der Waals surface area (Å²) in [7, 11) is 0. The lowest BCUT2D eigenvalue weighted by Crippen LogP contribution is -1.93. The predicted octanol–water partition coefficient (Wildman–Crippen LogP) is 7.07. The predicted molar refractivity (Wildman–Crippen MR) is 108 cm³/mol. The van der Waals surface area contributed by atoms with Gasteiger partial charge in [-0.25, -0.2) is 0 Å². The summed E-state index contributed by atoms with van der Waals surface area (Å²) in [5.41, 5.74) is 1.95. The third kappa shape index (κ3) is 2.60. The molecule has 0 spiro atoms. The molecule has 0 aliphatic heterocycles. The minimum Gasteiger partial charge on any atom is -0.455 e. The van der Waals surface area contributed by atoms with Gasteiger partial charge in [0.15, 0.2) is 0 Å². The average Bonchev–Trinajstić information content (AvgIpc) is 2.68. The van der Waals surface area contributed by atoms with Crippen LogP contribution in [0.5, 0.6) is 11.5 Å². The minimum absolute atomic E-state index is 0.826. The lowest BCUT2D eigenvalue weighted by atomic mass is 10.0. The van der Waals surface area contributed by atoms with Crippen LogP contribution in [0.3, 0.4) is 0 Å². The van der Waals surface area contributed by atoms with Crippen molar-refractivity contribution >= 4 is 33.7 Å². The second-order valence-electron chi connectivity index (χ2n) is 5.92. The summed E-state index contributed by atoms with van der Waals surface area (Å²) in [5, 5.41) is 4.43. The maximum Gasteiger partial charge on any atom is 0.142 e. The smallest absolute Gasteiger partial charge is 0.142 e. The Morgan fingerprint density at radius 3 is 1.44 bits per heavy atom. The molecule has 0 aromatic heterocycles. The highest BCUT2D eigenvalue weighted by molar-refractivity contribution is 5.95. The molecule has 4 aromatic rings. The molecule has 0 amide bonds. The maximum atomic E-state index is 6.51. The van der Waals surface area contributed by atoms with Crippen LogP contribution in [-0.4, -0.2) is 0 Å². The van der Waals surface area contributed by atoms with Gasteiger partial charge in [-0.15, -0.1) is 0 Å². The van der Waals surface area contributed by atoms with Crippen LogP contribution >= 0.6 is 0 Å². The van der Waals surface area contributed by atoms with Gasteiger partial charge in [-0.1, -0.05) is 98.1 Å². The molecule has 0 saturated heterocycles. The van der Waals surface area contributed by atoms with E-state index in [2.05, 4.69) is 49.6 Å². The summed E-state index contributed by atoms with van der Waals surface area (Å²) in [6.45, 7) is 7.89. The first-order chi connectivity index (χ1) is 12.3. The lowest BCUT2D eigenvalue weighted by molar-refractivity contribution is 0.492. The van der Waals surface area contributed by atoms with E-state index in [0.717, 1.165) is 44.2 Å². The van der Waals surface area contributed by atoms with E-state index in [4.69, 9.17) is 4.74 Å². The van der Waals surface area contributed by atoms with E-state index in [1.54, 1.807) is 0 Å². The van der Waals surface area contributed by atoms with Gasteiger partial charge in [0, 0.05) is 21.9 Å². The van der Waals surface area contributed by atoms with Gasteiger partial charge in [-0.2, -0.15) is 0 Å². The molecule has 0 N–H and O–H groups in total. The first kappa shape index (κ1) is 15.2. The Morgan fingerprint density at radius 2 is 1.00 bits per heavy atom. The molecule has 0 atom stereocenters. The van der Waals surface area contributed by atoms with Crippen LogP contribution in [0.2, 0.25) is 0 Å². The molecule has 1 nitrogen and oxygen atoms in total. The highest BCUT2D eigenvalue weighted by Crippen LogP contribution is 2.39. The number of hydrogen-bond donors (Lipinski definition) is 0. The Labute approximate surface area is 147 Å². The molecular formula is C24H18O. The molecule has 0 fully saturated rings. The Bertz CT molecular complexity index is 1020. The van der Waals surface area contributed by atoms with E-state index >= 15 is 0 Å². The van der Waals surface area contributed by atoms with E-state index in [0.29, 0.717) is 0 Å². The van der Waals surface area contributed by atoms with Crippen molar-refractivity contribution in [2.75, 3.05) is 0 Å². The van der Waals surface area contributed by atoms with Crippen LogP contribution < -0.4 is 4.74 Å². The molecule has 0 aliphatic rings. The molecule has 0 saturated carbocycles. The van der Waals surface area contributed by atoms with E-state index in [-0.39, 0.29) is 0 Å². The summed E-state index contributed by atoms with van der Waals surface area (Å²) < 4.78 is 6.51. The number of benzene rings is 4. The van der Waals surface area contributed by atoms with Gasteiger partial charge in [0.1, 0.15) is 11.5 Å². The van der Waals surface area contributed by atoms with Crippen molar-refractivity contribution in [2.24, 2.45) is 0 Å². The van der Waals surface area contributed by atoms with Gasteiger partial charge in [0.05, 0.1) is 0 Å². The normalized spacial score (nSPS) is 10.7. The van der Waals surface area contributed by atoms with Gasteiger partial charge in [0.2, 0.25) is 0 Å². The number of hydrogen-bond acceptors (Lipinski definition) is 1. The highest BCUT2D eigenvalue weighted by atomic mass is 16.5. The number of rotatable bonds is 4. The Morgan fingerprint density at radius 1 is 0.560 bits per heavy atom. The van der Waals surface area contributed by atoms with E-state index in [1.807, 2.05) is 48.6 Å². The molecule has 25 heavy (non-hydrogen) atoms. The van der Waals surface area contributed by atoms with Gasteiger partial charge in [0.25, 0.3) is 0 Å². The molecule has 0 aliphatic carbocycles. The van der Waals surface area contributed by atoms with Gasteiger partial charge in [-0.05, 0) is 10.8 Å². The van der Waals surface area contributed by atoms with Crippen molar-refractivity contribution in [2.45, 2.75) is 0 Å². The average molecular weight is 322 g/mol. The highest BCUT2D eigenvalue weighted by Gasteiger charge is 2.13.